The molecule has 0 unspecified atom stereocenters. The van der Waals surface area contributed by atoms with Crippen LogP contribution in [0.3, 0.4) is 0 Å². The number of rotatable bonds is 6. The zero-order chi connectivity index (χ0) is 21.1. The highest BCUT2D eigenvalue weighted by atomic mass is 19.1. The lowest BCUT2D eigenvalue weighted by atomic mass is 10.00. The number of anilines is 1. The summed E-state index contributed by atoms with van der Waals surface area (Å²) in [5, 5.41) is 3.97. The van der Waals surface area contributed by atoms with Gasteiger partial charge in [0.15, 0.2) is 0 Å². The van der Waals surface area contributed by atoms with Crippen LogP contribution in [0.1, 0.15) is 30.7 Å². The van der Waals surface area contributed by atoms with Crippen molar-refractivity contribution in [1.82, 2.24) is 10.1 Å². The summed E-state index contributed by atoms with van der Waals surface area (Å²) in [6, 6.07) is 9.39. The molecule has 8 heteroatoms. The van der Waals surface area contributed by atoms with E-state index >= 15 is 0 Å². The number of halogens is 2. The van der Waals surface area contributed by atoms with Gasteiger partial charge in [-0.15, -0.1) is 0 Å². The van der Waals surface area contributed by atoms with Gasteiger partial charge in [-0.3, -0.25) is 4.79 Å². The first kappa shape index (κ1) is 20.0. The number of aryl methyl sites for hydroxylation is 1. The minimum absolute atomic E-state index is 0.171. The molecule has 0 bridgehead atoms. The van der Waals surface area contributed by atoms with Crippen LogP contribution in [-0.2, 0) is 17.6 Å². The Hall–Kier alpha value is -3.29. The SMILES string of the molecule is COc1ccc(-c2noc(CCCC(=O)N3CCCc4c(F)cc(F)cc43)n2)cc1. The molecular weight excluding hydrogens is 392 g/mol. The van der Waals surface area contributed by atoms with Crippen LogP contribution in [0.25, 0.3) is 11.4 Å². The molecule has 4 rings (SSSR count). The van der Waals surface area contributed by atoms with Crippen molar-refractivity contribution < 1.29 is 22.8 Å². The van der Waals surface area contributed by atoms with Gasteiger partial charge in [-0.1, -0.05) is 5.16 Å². The Kier molecular flexibility index (Phi) is 5.74. The molecule has 0 N–H and O–H groups in total. The smallest absolute Gasteiger partial charge is 0.227 e. The number of amides is 1. The largest absolute Gasteiger partial charge is 0.497 e. The van der Waals surface area contributed by atoms with E-state index in [4.69, 9.17) is 9.26 Å². The van der Waals surface area contributed by atoms with Gasteiger partial charge in [0.1, 0.15) is 17.4 Å². The van der Waals surface area contributed by atoms with E-state index in [1.807, 2.05) is 24.3 Å². The van der Waals surface area contributed by atoms with Gasteiger partial charge < -0.3 is 14.2 Å². The van der Waals surface area contributed by atoms with E-state index < -0.39 is 11.6 Å². The summed E-state index contributed by atoms with van der Waals surface area (Å²) in [6.45, 7) is 0.455. The molecule has 0 saturated heterocycles. The molecule has 0 aliphatic carbocycles. The maximum Gasteiger partial charge on any atom is 0.227 e. The summed E-state index contributed by atoms with van der Waals surface area (Å²) < 4.78 is 38.1. The van der Waals surface area contributed by atoms with Crippen molar-refractivity contribution in [3.8, 4) is 17.1 Å². The van der Waals surface area contributed by atoms with Crippen LogP contribution >= 0.6 is 0 Å². The number of hydrogen-bond donors (Lipinski definition) is 0. The van der Waals surface area contributed by atoms with Crippen molar-refractivity contribution in [1.29, 1.82) is 0 Å². The standard InChI is InChI=1S/C22H21F2N3O3/c1-29-16-9-7-14(8-10-16)22-25-20(30-26-22)5-2-6-21(28)27-11-3-4-17-18(24)12-15(23)13-19(17)27/h7-10,12-13H,2-6,11H2,1H3. The number of carbonyl (C=O) groups is 1. The number of fused-ring (bicyclic) bond motifs is 1. The van der Waals surface area contributed by atoms with E-state index in [2.05, 4.69) is 10.1 Å². The average molecular weight is 413 g/mol. The molecule has 0 atom stereocenters. The Morgan fingerprint density at radius 2 is 2.03 bits per heavy atom. The second kappa shape index (κ2) is 8.61. The van der Waals surface area contributed by atoms with Gasteiger partial charge in [0, 0.05) is 36.6 Å². The molecule has 1 aromatic heterocycles. The Bertz CT molecular complexity index is 1050. The Labute approximate surface area is 172 Å². The minimum atomic E-state index is -0.678. The Morgan fingerprint density at radius 3 is 2.80 bits per heavy atom. The van der Waals surface area contributed by atoms with Gasteiger partial charge in [-0.05, 0) is 49.6 Å². The lowest BCUT2D eigenvalue weighted by Crippen LogP contribution is -2.35. The van der Waals surface area contributed by atoms with Crippen LogP contribution in [0.4, 0.5) is 14.5 Å². The third-order valence-electron chi connectivity index (χ3n) is 5.13. The monoisotopic (exact) mass is 413 g/mol. The first-order valence-corrected chi connectivity index (χ1v) is 9.80. The van der Waals surface area contributed by atoms with Crippen LogP contribution in [0.15, 0.2) is 40.9 Å². The lowest BCUT2D eigenvalue weighted by Gasteiger charge is -2.29. The molecule has 0 saturated carbocycles. The zero-order valence-electron chi connectivity index (χ0n) is 16.5. The van der Waals surface area contributed by atoms with Gasteiger partial charge in [-0.2, -0.15) is 4.98 Å². The van der Waals surface area contributed by atoms with Crippen molar-refractivity contribution in [3.63, 3.8) is 0 Å². The van der Waals surface area contributed by atoms with E-state index in [-0.39, 0.29) is 12.3 Å². The number of methoxy groups -OCH3 is 1. The first-order chi connectivity index (χ1) is 14.5. The van der Waals surface area contributed by atoms with Gasteiger partial charge in [-0.25, -0.2) is 8.78 Å². The van der Waals surface area contributed by atoms with Crippen LogP contribution in [-0.4, -0.2) is 29.7 Å². The molecule has 1 aliphatic rings. The maximum absolute atomic E-state index is 14.0. The zero-order valence-corrected chi connectivity index (χ0v) is 16.5. The van der Waals surface area contributed by atoms with E-state index in [1.54, 1.807) is 7.11 Å². The third-order valence-corrected chi connectivity index (χ3v) is 5.13. The Morgan fingerprint density at radius 1 is 1.23 bits per heavy atom. The summed E-state index contributed by atoms with van der Waals surface area (Å²) in [5.41, 5.74) is 1.54. The number of nitrogens with zero attached hydrogens (tertiary/aromatic N) is 3. The van der Waals surface area contributed by atoms with Gasteiger partial charge in [0.2, 0.25) is 17.6 Å². The molecule has 0 radical (unpaired) electrons. The number of benzene rings is 2. The van der Waals surface area contributed by atoms with Gasteiger partial charge in [0.05, 0.1) is 12.8 Å². The third kappa shape index (κ3) is 4.17. The summed E-state index contributed by atoms with van der Waals surface area (Å²) in [4.78, 5) is 18.5. The van der Waals surface area contributed by atoms with Gasteiger partial charge in [0.25, 0.3) is 0 Å². The fraction of sp³-hybridized carbons (Fsp3) is 0.318. The average Bonchev–Trinajstić information content (AvgIpc) is 3.22. The van der Waals surface area contributed by atoms with E-state index in [0.29, 0.717) is 55.2 Å². The molecule has 30 heavy (non-hydrogen) atoms. The Balaban J connectivity index is 1.36. The molecule has 0 spiro atoms. The van der Waals surface area contributed by atoms with Crippen LogP contribution in [0.2, 0.25) is 0 Å². The van der Waals surface area contributed by atoms with E-state index in [0.717, 1.165) is 17.4 Å². The summed E-state index contributed by atoms with van der Waals surface area (Å²) in [6.07, 6.45) is 2.30. The number of carbonyl (C=O) groups excluding carboxylic acids is 1. The molecule has 156 valence electrons. The van der Waals surface area contributed by atoms with Crippen LogP contribution in [0.5, 0.6) is 5.75 Å². The quantitative estimate of drug-likeness (QED) is 0.602. The molecule has 6 nitrogen and oxygen atoms in total. The fourth-order valence-electron chi connectivity index (χ4n) is 3.61. The summed E-state index contributed by atoms with van der Waals surface area (Å²) >= 11 is 0. The van der Waals surface area contributed by atoms with Crippen molar-refractivity contribution in [2.45, 2.75) is 32.1 Å². The predicted molar refractivity (Wildman–Crippen MR) is 106 cm³/mol. The topological polar surface area (TPSA) is 68.5 Å². The number of hydrogen-bond acceptors (Lipinski definition) is 5. The summed E-state index contributed by atoms with van der Waals surface area (Å²) in [5.74, 6) is 0.192. The van der Waals surface area contributed by atoms with Crippen molar-refractivity contribution in [3.05, 3.63) is 59.5 Å². The highest BCUT2D eigenvalue weighted by molar-refractivity contribution is 5.94. The molecule has 0 fully saturated rings. The fourth-order valence-corrected chi connectivity index (χ4v) is 3.61. The molecular formula is C22H21F2N3O3. The normalized spacial score (nSPS) is 13.2. The van der Waals surface area contributed by atoms with Crippen LogP contribution < -0.4 is 9.64 Å². The minimum Gasteiger partial charge on any atom is -0.497 e. The van der Waals surface area contributed by atoms with E-state index in [1.165, 1.54) is 11.0 Å². The molecule has 2 heterocycles. The van der Waals surface area contributed by atoms with Crippen molar-refractivity contribution in [2.75, 3.05) is 18.6 Å². The second-order valence-corrected chi connectivity index (χ2v) is 7.13. The van der Waals surface area contributed by atoms with Gasteiger partial charge >= 0.3 is 0 Å². The second-order valence-electron chi connectivity index (χ2n) is 7.13. The van der Waals surface area contributed by atoms with Crippen LogP contribution in [0, 0.1) is 11.6 Å². The number of ether oxygens (including phenoxy) is 1. The highest BCUT2D eigenvalue weighted by Crippen LogP contribution is 2.31. The lowest BCUT2D eigenvalue weighted by molar-refractivity contribution is -0.118. The highest BCUT2D eigenvalue weighted by Gasteiger charge is 2.25. The molecule has 1 aliphatic heterocycles. The molecule has 2 aromatic carbocycles. The van der Waals surface area contributed by atoms with Crippen molar-refractivity contribution >= 4 is 11.6 Å². The maximum atomic E-state index is 14.0. The number of aromatic nitrogens is 2. The predicted octanol–water partition coefficient (Wildman–Crippen LogP) is 4.33. The van der Waals surface area contributed by atoms with E-state index in [9.17, 15) is 13.6 Å². The molecule has 1 amide bonds. The summed E-state index contributed by atoms with van der Waals surface area (Å²) in [7, 11) is 1.60. The van der Waals surface area contributed by atoms with Crippen molar-refractivity contribution in [2.24, 2.45) is 0 Å². The first-order valence-electron chi connectivity index (χ1n) is 9.80. The molecule has 3 aromatic rings.